The number of aliphatic hydroxyl groups is 3. The molecule has 9 atom stereocenters. The fourth-order valence-electron chi connectivity index (χ4n) is 4.27. The number of ether oxygens (including phenoxy) is 1. The molecule has 1 amide bonds. The zero-order chi connectivity index (χ0) is 22.1. The summed E-state index contributed by atoms with van der Waals surface area (Å²) in [6.45, 7) is 4.47. The number of likely N-dealkylation sites (N-methyl/N-ethyl adjacent to an activating group) is 1. The molecule has 7 unspecified atom stereocenters. The lowest BCUT2D eigenvalue weighted by Crippen LogP contribution is -2.66. The van der Waals surface area contributed by atoms with Gasteiger partial charge in [-0.2, -0.15) is 0 Å². The van der Waals surface area contributed by atoms with Gasteiger partial charge in [0.1, 0.15) is 24.4 Å². The number of alkyl halides is 1. The number of sulfone groups is 1. The van der Waals surface area contributed by atoms with E-state index in [1.165, 1.54) is 0 Å². The van der Waals surface area contributed by atoms with Crippen LogP contribution in [0.3, 0.4) is 0 Å². The number of halogens is 1. The first-order valence-electron chi connectivity index (χ1n) is 9.91. The van der Waals surface area contributed by atoms with Gasteiger partial charge in [0, 0.05) is 12.8 Å². The molecule has 0 radical (unpaired) electrons. The zero-order valence-electron chi connectivity index (χ0n) is 17.2. The standard InChI is InChI=1S/C18H33ClN2O7S/c1-5-6-10-7-11(21(3)8-10)17(25)20-12(9(2)19)16-14(23)13(22)15(24)18(28-16)29(4,26)27/h9-16,18,22-24H,5-8H2,1-4H3,(H,20,25)/t9?,10?,11-,12?,13?,14?,15?,16?,18+/m0/s1. The molecule has 0 aromatic heterocycles. The lowest BCUT2D eigenvalue weighted by Gasteiger charge is -2.43. The summed E-state index contributed by atoms with van der Waals surface area (Å²) in [5.74, 6) is 0.117. The van der Waals surface area contributed by atoms with Gasteiger partial charge in [0.2, 0.25) is 5.91 Å². The number of rotatable bonds is 7. The number of nitrogens with one attached hydrogen (secondary N) is 1. The summed E-state index contributed by atoms with van der Waals surface area (Å²) in [5.41, 5.74) is -1.73. The number of amides is 1. The fraction of sp³-hybridized carbons (Fsp3) is 0.944. The lowest BCUT2D eigenvalue weighted by atomic mass is 9.92. The van der Waals surface area contributed by atoms with Crippen molar-refractivity contribution < 1.29 is 33.3 Å². The van der Waals surface area contributed by atoms with Crippen LogP contribution in [0.1, 0.15) is 33.1 Å². The Kier molecular flexibility index (Phi) is 8.34. The monoisotopic (exact) mass is 456 g/mol. The maximum absolute atomic E-state index is 12.9. The van der Waals surface area contributed by atoms with Crippen LogP contribution in [-0.2, 0) is 19.4 Å². The minimum absolute atomic E-state index is 0.295. The van der Waals surface area contributed by atoms with E-state index in [0.717, 1.165) is 25.6 Å². The number of carbonyl (C=O) groups is 1. The summed E-state index contributed by atoms with van der Waals surface area (Å²) in [7, 11) is -2.03. The molecular formula is C18H33ClN2O7S. The molecule has 2 aliphatic heterocycles. The van der Waals surface area contributed by atoms with Crippen molar-refractivity contribution in [2.45, 2.75) is 80.4 Å². The predicted molar refractivity (Wildman–Crippen MR) is 108 cm³/mol. The third-order valence-corrected chi connectivity index (χ3v) is 7.33. The first-order valence-corrected chi connectivity index (χ1v) is 12.3. The average Bonchev–Trinajstić information content (AvgIpc) is 2.97. The van der Waals surface area contributed by atoms with E-state index in [4.69, 9.17) is 16.3 Å². The van der Waals surface area contributed by atoms with Gasteiger partial charge < -0.3 is 25.4 Å². The first kappa shape index (κ1) is 24.8. The van der Waals surface area contributed by atoms with E-state index in [2.05, 4.69) is 12.2 Å². The summed E-state index contributed by atoms with van der Waals surface area (Å²) >= 11 is 6.24. The maximum atomic E-state index is 12.9. The Balaban J connectivity index is 2.19. The van der Waals surface area contributed by atoms with Crippen LogP contribution in [0.25, 0.3) is 0 Å². The maximum Gasteiger partial charge on any atom is 0.237 e. The van der Waals surface area contributed by atoms with Crippen LogP contribution < -0.4 is 5.32 Å². The number of likely N-dealkylation sites (tertiary alicyclic amines) is 1. The molecule has 9 nitrogen and oxygen atoms in total. The quantitative estimate of drug-likeness (QED) is 0.361. The number of aliphatic hydroxyl groups excluding tert-OH is 3. The van der Waals surface area contributed by atoms with Gasteiger partial charge in [0.15, 0.2) is 15.3 Å². The first-order chi connectivity index (χ1) is 13.4. The molecule has 0 aromatic rings. The van der Waals surface area contributed by atoms with Crippen molar-refractivity contribution in [2.24, 2.45) is 5.92 Å². The van der Waals surface area contributed by atoms with E-state index in [1.807, 2.05) is 11.9 Å². The number of nitrogens with zero attached hydrogens (tertiary/aromatic N) is 1. The Labute approximate surface area is 177 Å². The molecule has 29 heavy (non-hydrogen) atoms. The van der Waals surface area contributed by atoms with Crippen molar-refractivity contribution in [1.82, 2.24) is 10.2 Å². The summed E-state index contributed by atoms with van der Waals surface area (Å²) in [4.78, 5) is 14.9. The molecule has 2 fully saturated rings. The Morgan fingerprint density at radius 3 is 2.41 bits per heavy atom. The largest absolute Gasteiger partial charge is 0.388 e. The molecule has 0 bridgehead atoms. The van der Waals surface area contributed by atoms with Gasteiger partial charge in [-0.1, -0.05) is 13.3 Å². The predicted octanol–water partition coefficient (Wildman–Crippen LogP) is -0.929. The van der Waals surface area contributed by atoms with E-state index in [0.29, 0.717) is 12.3 Å². The molecular weight excluding hydrogens is 424 g/mol. The van der Waals surface area contributed by atoms with Gasteiger partial charge >= 0.3 is 0 Å². The van der Waals surface area contributed by atoms with Gasteiger partial charge in [-0.25, -0.2) is 8.42 Å². The van der Waals surface area contributed by atoms with Crippen molar-refractivity contribution in [1.29, 1.82) is 0 Å². The molecule has 4 N–H and O–H groups in total. The van der Waals surface area contributed by atoms with Crippen LogP contribution in [0.4, 0.5) is 0 Å². The second-order valence-corrected chi connectivity index (χ2v) is 11.1. The van der Waals surface area contributed by atoms with Crippen molar-refractivity contribution in [3.63, 3.8) is 0 Å². The number of hydrogen-bond donors (Lipinski definition) is 4. The van der Waals surface area contributed by atoms with Crippen molar-refractivity contribution >= 4 is 27.3 Å². The molecule has 2 heterocycles. The molecule has 0 aromatic carbocycles. The molecule has 0 spiro atoms. The number of hydrogen-bond acceptors (Lipinski definition) is 8. The Hall–Kier alpha value is -0.490. The van der Waals surface area contributed by atoms with Crippen molar-refractivity contribution in [3.8, 4) is 0 Å². The van der Waals surface area contributed by atoms with Gasteiger partial charge in [-0.15, -0.1) is 11.6 Å². The summed E-state index contributed by atoms with van der Waals surface area (Å²) in [6.07, 6.45) is -2.88. The third-order valence-electron chi connectivity index (χ3n) is 5.82. The van der Waals surface area contributed by atoms with E-state index in [-0.39, 0.29) is 11.9 Å². The second-order valence-electron chi connectivity index (χ2n) is 8.33. The van der Waals surface area contributed by atoms with Gasteiger partial charge in [0.25, 0.3) is 0 Å². The summed E-state index contributed by atoms with van der Waals surface area (Å²) < 4.78 is 29.4. The van der Waals surface area contributed by atoms with E-state index < -0.39 is 51.1 Å². The van der Waals surface area contributed by atoms with Crippen molar-refractivity contribution in [2.75, 3.05) is 19.8 Å². The van der Waals surface area contributed by atoms with Crippen LogP contribution in [0, 0.1) is 5.92 Å². The highest BCUT2D eigenvalue weighted by molar-refractivity contribution is 7.91. The Morgan fingerprint density at radius 2 is 1.90 bits per heavy atom. The fourth-order valence-corrected chi connectivity index (χ4v) is 5.48. The smallest absolute Gasteiger partial charge is 0.237 e. The summed E-state index contributed by atoms with van der Waals surface area (Å²) in [5, 5.41) is 32.6. The Morgan fingerprint density at radius 1 is 1.28 bits per heavy atom. The highest BCUT2D eigenvalue weighted by Crippen LogP contribution is 2.29. The molecule has 2 rings (SSSR count). The third kappa shape index (κ3) is 5.61. The topological polar surface area (TPSA) is 136 Å². The SMILES string of the molecule is CCCC1C[C@@H](C(=O)NC(C(C)Cl)C2O[C@H](S(C)(=O)=O)C(O)C(O)C2O)N(C)C1. The second kappa shape index (κ2) is 9.76. The van der Waals surface area contributed by atoms with E-state index >= 15 is 0 Å². The molecule has 11 heteroatoms. The minimum atomic E-state index is -3.90. The molecule has 2 saturated heterocycles. The van der Waals surface area contributed by atoms with Crippen LogP contribution in [-0.4, -0.2) is 102 Å². The minimum Gasteiger partial charge on any atom is -0.388 e. The zero-order valence-corrected chi connectivity index (χ0v) is 18.8. The van der Waals surface area contributed by atoms with Gasteiger partial charge in [0.05, 0.1) is 17.5 Å². The normalized spacial score (nSPS) is 38.6. The molecule has 0 saturated carbocycles. The van der Waals surface area contributed by atoms with Gasteiger partial charge in [-0.05, 0) is 32.7 Å². The highest BCUT2D eigenvalue weighted by atomic mass is 35.5. The summed E-state index contributed by atoms with van der Waals surface area (Å²) in [6, 6.07) is -1.34. The van der Waals surface area contributed by atoms with Crippen LogP contribution in [0.5, 0.6) is 0 Å². The Bertz CT molecular complexity index is 677. The van der Waals surface area contributed by atoms with E-state index in [1.54, 1.807) is 6.92 Å². The van der Waals surface area contributed by atoms with Gasteiger partial charge in [-0.3, -0.25) is 9.69 Å². The van der Waals surface area contributed by atoms with Crippen LogP contribution >= 0.6 is 11.6 Å². The molecule has 170 valence electrons. The lowest BCUT2D eigenvalue weighted by molar-refractivity contribution is -0.207. The average molecular weight is 457 g/mol. The highest BCUT2D eigenvalue weighted by Gasteiger charge is 2.51. The number of carbonyl (C=O) groups excluding carboxylic acids is 1. The molecule has 0 aliphatic carbocycles. The van der Waals surface area contributed by atoms with Crippen molar-refractivity contribution in [3.05, 3.63) is 0 Å². The van der Waals surface area contributed by atoms with E-state index in [9.17, 15) is 28.5 Å². The van der Waals surface area contributed by atoms with Crippen LogP contribution in [0.2, 0.25) is 0 Å². The van der Waals surface area contributed by atoms with Crippen LogP contribution in [0.15, 0.2) is 0 Å². The molecule has 2 aliphatic rings.